The summed E-state index contributed by atoms with van der Waals surface area (Å²) in [5, 5.41) is 5.42. The minimum Gasteiger partial charge on any atom is -0.311 e. The molecule has 0 aromatic carbocycles. The molecular weight excluding hydrogens is 230 g/mol. The summed E-state index contributed by atoms with van der Waals surface area (Å²) < 4.78 is 0. The van der Waals surface area contributed by atoms with Crippen molar-refractivity contribution in [1.29, 1.82) is 0 Å². The number of hydrogen-bond acceptors (Lipinski definition) is 4. The van der Waals surface area contributed by atoms with Crippen LogP contribution in [0.4, 0.5) is 0 Å². The molecule has 1 N–H and O–H groups in total. The summed E-state index contributed by atoms with van der Waals surface area (Å²) >= 11 is 1.68. The number of nitrogens with zero attached hydrogens (tertiary/aromatic N) is 2. The van der Waals surface area contributed by atoms with Crippen LogP contribution >= 0.6 is 11.3 Å². The van der Waals surface area contributed by atoms with Crippen LogP contribution in [0.5, 0.6) is 0 Å². The number of aryl methyl sites for hydroxylation is 1. The first-order valence-corrected chi connectivity index (χ1v) is 6.76. The molecule has 17 heavy (non-hydrogen) atoms. The minimum absolute atomic E-state index is 0.815. The molecule has 3 nitrogen and oxygen atoms in total. The van der Waals surface area contributed by atoms with Gasteiger partial charge in [0, 0.05) is 12.2 Å². The maximum Gasteiger partial charge on any atom is 0.169 e. The first-order chi connectivity index (χ1) is 8.29. The molecule has 0 aliphatic heterocycles. The van der Waals surface area contributed by atoms with Gasteiger partial charge in [-0.1, -0.05) is 13.0 Å². The lowest BCUT2D eigenvalue weighted by molar-refractivity contribution is 0.663. The van der Waals surface area contributed by atoms with Crippen molar-refractivity contribution in [2.75, 3.05) is 6.54 Å². The van der Waals surface area contributed by atoms with Crippen LogP contribution in [0.25, 0.3) is 10.7 Å². The van der Waals surface area contributed by atoms with Crippen molar-refractivity contribution in [1.82, 2.24) is 15.3 Å². The highest BCUT2D eigenvalue weighted by Crippen LogP contribution is 2.21. The van der Waals surface area contributed by atoms with Gasteiger partial charge in [-0.3, -0.25) is 0 Å². The van der Waals surface area contributed by atoms with Crippen molar-refractivity contribution in [2.45, 2.75) is 26.8 Å². The molecule has 0 unspecified atom stereocenters. The van der Waals surface area contributed by atoms with Gasteiger partial charge in [-0.15, -0.1) is 11.3 Å². The van der Waals surface area contributed by atoms with Crippen LogP contribution in [0.2, 0.25) is 0 Å². The molecule has 0 aliphatic carbocycles. The van der Waals surface area contributed by atoms with E-state index in [0.29, 0.717) is 0 Å². The third kappa shape index (κ3) is 3.35. The summed E-state index contributed by atoms with van der Waals surface area (Å²) in [7, 11) is 0. The van der Waals surface area contributed by atoms with Crippen LogP contribution in [0.15, 0.2) is 23.6 Å². The van der Waals surface area contributed by atoms with Crippen LogP contribution in [-0.4, -0.2) is 16.5 Å². The lowest BCUT2D eigenvalue weighted by Crippen LogP contribution is -2.15. The minimum atomic E-state index is 0.815. The predicted molar refractivity (Wildman–Crippen MR) is 72.1 cm³/mol. The monoisotopic (exact) mass is 247 g/mol. The Bertz CT molecular complexity index is 466. The van der Waals surface area contributed by atoms with Crippen LogP contribution in [0.3, 0.4) is 0 Å². The van der Waals surface area contributed by atoms with E-state index in [1.165, 1.54) is 0 Å². The summed E-state index contributed by atoms with van der Waals surface area (Å²) in [4.78, 5) is 10.2. The largest absolute Gasteiger partial charge is 0.311 e. The van der Waals surface area contributed by atoms with Crippen molar-refractivity contribution in [3.63, 3.8) is 0 Å². The third-order valence-electron chi connectivity index (χ3n) is 2.38. The van der Waals surface area contributed by atoms with E-state index in [1.807, 2.05) is 19.1 Å². The zero-order valence-electron chi connectivity index (χ0n) is 10.2. The van der Waals surface area contributed by atoms with E-state index in [2.05, 4.69) is 33.7 Å². The fraction of sp³-hybridized carbons (Fsp3) is 0.385. The maximum absolute atomic E-state index is 4.58. The topological polar surface area (TPSA) is 37.8 Å². The van der Waals surface area contributed by atoms with Gasteiger partial charge in [-0.25, -0.2) is 9.97 Å². The molecule has 0 spiro atoms. The predicted octanol–water partition coefficient (Wildman–Crippen LogP) is 3.01. The standard InChI is InChI=1S/C13H17N3S/c1-3-6-14-9-11-8-10(2)15-13(16-11)12-5-4-7-17-12/h4-5,7-8,14H,3,6,9H2,1-2H3. The molecular formula is C13H17N3S. The molecule has 0 saturated heterocycles. The van der Waals surface area contributed by atoms with Crippen molar-refractivity contribution >= 4 is 11.3 Å². The zero-order valence-corrected chi connectivity index (χ0v) is 11.0. The number of thiophene rings is 1. The normalized spacial score (nSPS) is 10.7. The SMILES string of the molecule is CCCNCc1cc(C)nc(-c2cccs2)n1. The van der Waals surface area contributed by atoms with E-state index in [-0.39, 0.29) is 0 Å². The highest BCUT2D eigenvalue weighted by molar-refractivity contribution is 7.13. The number of rotatable bonds is 5. The van der Waals surface area contributed by atoms with Crippen LogP contribution in [-0.2, 0) is 6.54 Å². The highest BCUT2D eigenvalue weighted by Gasteiger charge is 2.05. The molecule has 2 heterocycles. The Labute approximate surface area is 106 Å². The molecule has 0 saturated carbocycles. The number of hydrogen-bond donors (Lipinski definition) is 1. The van der Waals surface area contributed by atoms with E-state index in [9.17, 15) is 0 Å². The van der Waals surface area contributed by atoms with Crippen LogP contribution < -0.4 is 5.32 Å². The summed E-state index contributed by atoms with van der Waals surface area (Å²) in [6, 6.07) is 6.13. The second kappa shape index (κ2) is 5.89. The van der Waals surface area contributed by atoms with Gasteiger partial charge in [-0.2, -0.15) is 0 Å². The van der Waals surface area contributed by atoms with E-state index < -0.39 is 0 Å². The average molecular weight is 247 g/mol. The molecule has 0 amide bonds. The van der Waals surface area contributed by atoms with Gasteiger partial charge in [0.05, 0.1) is 10.6 Å². The molecule has 4 heteroatoms. The molecule has 0 aliphatic rings. The lowest BCUT2D eigenvalue weighted by atomic mass is 10.3. The smallest absolute Gasteiger partial charge is 0.169 e. The van der Waals surface area contributed by atoms with Gasteiger partial charge in [0.15, 0.2) is 5.82 Å². The van der Waals surface area contributed by atoms with E-state index in [4.69, 9.17) is 0 Å². The Balaban J connectivity index is 2.18. The van der Waals surface area contributed by atoms with Crippen LogP contribution in [0, 0.1) is 6.92 Å². The quantitative estimate of drug-likeness (QED) is 0.825. The van der Waals surface area contributed by atoms with E-state index in [1.54, 1.807) is 11.3 Å². The summed E-state index contributed by atoms with van der Waals surface area (Å²) in [6.07, 6.45) is 1.14. The summed E-state index contributed by atoms with van der Waals surface area (Å²) in [5.41, 5.74) is 2.09. The first kappa shape index (κ1) is 12.2. The van der Waals surface area contributed by atoms with Crippen LogP contribution in [0.1, 0.15) is 24.7 Å². The average Bonchev–Trinajstić information content (AvgIpc) is 2.82. The summed E-state index contributed by atoms with van der Waals surface area (Å²) in [5.74, 6) is 0.841. The molecule has 0 fully saturated rings. The molecule has 90 valence electrons. The molecule has 2 aromatic rings. The Morgan fingerprint density at radius 2 is 2.24 bits per heavy atom. The molecule has 0 bridgehead atoms. The highest BCUT2D eigenvalue weighted by atomic mass is 32.1. The Morgan fingerprint density at radius 1 is 1.35 bits per heavy atom. The molecule has 2 rings (SSSR count). The molecule has 0 atom stereocenters. The Morgan fingerprint density at radius 3 is 2.94 bits per heavy atom. The number of nitrogens with one attached hydrogen (secondary N) is 1. The van der Waals surface area contributed by atoms with Gasteiger partial charge < -0.3 is 5.32 Å². The number of aromatic nitrogens is 2. The zero-order chi connectivity index (χ0) is 12.1. The van der Waals surface area contributed by atoms with Crippen molar-refractivity contribution in [3.05, 3.63) is 35.0 Å². The van der Waals surface area contributed by atoms with Gasteiger partial charge in [0.2, 0.25) is 0 Å². The van der Waals surface area contributed by atoms with Gasteiger partial charge in [-0.05, 0) is 37.4 Å². The van der Waals surface area contributed by atoms with Crippen molar-refractivity contribution in [2.24, 2.45) is 0 Å². The van der Waals surface area contributed by atoms with Gasteiger partial charge in [0.25, 0.3) is 0 Å². The summed E-state index contributed by atoms with van der Waals surface area (Å²) in [6.45, 7) is 6.02. The fourth-order valence-corrected chi connectivity index (χ4v) is 2.29. The second-order valence-electron chi connectivity index (χ2n) is 3.98. The van der Waals surface area contributed by atoms with Crippen molar-refractivity contribution in [3.8, 4) is 10.7 Å². The second-order valence-corrected chi connectivity index (χ2v) is 4.93. The van der Waals surface area contributed by atoms with Crippen molar-refractivity contribution < 1.29 is 0 Å². The van der Waals surface area contributed by atoms with E-state index in [0.717, 1.165) is 41.6 Å². The lowest BCUT2D eigenvalue weighted by Gasteiger charge is -2.05. The maximum atomic E-state index is 4.58. The first-order valence-electron chi connectivity index (χ1n) is 5.88. The van der Waals surface area contributed by atoms with E-state index >= 15 is 0 Å². The molecule has 0 radical (unpaired) electrons. The molecule has 2 aromatic heterocycles. The fourth-order valence-electron chi connectivity index (χ4n) is 1.63. The Hall–Kier alpha value is -1.26. The van der Waals surface area contributed by atoms with Gasteiger partial charge in [0.1, 0.15) is 0 Å². The third-order valence-corrected chi connectivity index (χ3v) is 3.25. The Kier molecular flexibility index (Phi) is 4.23. The van der Waals surface area contributed by atoms with Gasteiger partial charge >= 0.3 is 0 Å².